The topological polar surface area (TPSA) is 76.4 Å². The Morgan fingerprint density at radius 3 is 2.50 bits per heavy atom. The Labute approximate surface area is 100 Å². The number of allylic oxidation sites excluding steroid dienone is 1. The molecule has 0 amide bonds. The van der Waals surface area contributed by atoms with E-state index in [4.69, 9.17) is 23.7 Å². The van der Waals surface area contributed by atoms with Gasteiger partial charge in [-0.3, -0.25) is 0 Å². The van der Waals surface area contributed by atoms with Gasteiger partial charge in [-0.1, -0.05) is 30.4 Å². The van der Waals surface area contributed by atoms with Gasteiger partial charge in [0.05, 0.1) is 0 Å². The van der Waals surface area contributed by atoms with Crippen LogP contribution in [-0.2, 0) is 0 Å². The number of para-hydroxylation sites is 1. The van der Waals surface area contributed by atoms with Crippen LogP contribution in [0.5, 0.6) is 0 Å². The standard InChI is InChI=1S/C11H14N4S/c1-8(14-11(12)13)7-10(16)15-9-5-3-2-4-6-9/h2-7H,1H3,(H,15,16)(H4,12,13,14). The maximum Gasteiger partial charge on any atom is 0.190 e. The summed E-state index contributed by atoms with van der Waals surface area (Å²) in [5.74, 6) is 0.0243. The largest absolute Gasteiger partial charge is 0.370 e. The van der Waals surface area contributed by atoms with Crippen molar-refractivity contribution in [1.82, 2.24) is 0 Å². The molecule has 1 rings (SSSR count). The number of hydrogen-bond donors (Lipinski definition) is 3. The molecule has 0 aromatic heterocycles. The van der Waals surface area contributed by atoms with Crippen LogP contribution in [-0.4, -0.2) is 10.9 Å². The predicted molar refractivity (Wildman–Crippen MR) is 72.2 cm³/mol. The van der Waals surface area contributed by atoms with E-state index in [-0.39, 0.29) is 5.96 Å². The van der Waals surface area contributed by atoms with Gasteiger partial charge >= 0.3 is 0 Å². The third-order valence-electron chi connectivity index (χ3n) is 1.69. The number of aliphatic imine (C=N–C) groups is 1. The zero-order chi connectivity index (χ0) is 12.0. The van der Waals surface area contributed by atoms with E-state index in [1.54, 1.807) is 13.0 Å². The molecular weight excluding hydrogens is 220 g/mol. The second kappa shape index (κ2) is 5.87. The van der Waals surface area contributed by atoms with Gasteiger partial charge in [0.15, 0.2) is 5.96 Å². The van der Waals surface area contributed by atoms with Crippen molar-refractivity contribution < 1.29 is 0 Å². The summed E-state index contributed by atoms with van der Waals surface area (Å²) < 4.78 is 0. The van der Waals surface area contributed by atoms with Gasteiger partial charge in [0.2, 0.25) is 0 Å². The molecule has 0 aliphatic heterocycles. The fourth-order valence-corrected chi connectivity index (χ4v) is 1.41. The summed E-state index contributed by atoms with van der Waals surface area (Å²) in [6, 6.07) is 9.65. The molecule has 0 unspecified atom stereocenters. The molecule has 0 spiro atoms. The Morgan fingerprint density at radius 1 is 1.31 bits per heavy atom. The minimum Gasteiger partial charge on any atom is -0.370 e. The molecule has 16 heavy (non-hydrogen) atoms. The molecule has 0 aliphatic carbocycles. The van der Waals surface area contributed by atoms with E-state index in [2.05, 4.69) is 10.3 Å². The Kier molecular flexibility index (Phi) is 4.47. The lowest BCUT2D eigenvalue weighted by molar-refractivity contribution is 1.28. The zero-order valence-electron chi connectivity index (χ0n) is 8.97. The Morgan fingerprint density at radius 2 is 1.94 bits per heavy atom. The minimum absolute atomic E-state index is 0.0243. The van der Waals surface area contributed by atoms with Gasteiger partial charge in [0.1, 0.15) is 4.99 Å². The molecule has 84 valence electrons. The summed E-state index contributed by atoms with van der Waals surface area (Å²) in [6.07, 6.45) is 1.70. The van der Waals surface area contributed by atoms with Crippen molar-refractivity contribution in [3.8, 4) is 0 Å². The van der Waals surface area contributed by atoms with Crippen molar-refractivity contribution >= 4 is 28.9 Å². The molecule has 0 atom stereocenters. The second-order valence-electron chi connectivity index (χ2n) is 3.18. The first-order valence-corrected chi connectivity index (χ1v) is 5.12. The number of nitrogens with one attached hydrogen (secondary N) is 1. The first-order chi connectivity index (χ1) is 7.58. The maximum absolute atomic E-state index is 5.24. The number of hydrogen-bond acceptors (Lipinski definition) is 2. The third kappa shape index (κ3) is 4.56. The highest BCUT2D eigenvalue weighted by Crippen LogP contribution is 2.06. The Hall–Kier alpha value is -1.88. The van der Waals surface area contributed by atoms with Crippen LogP contribution < -0.4 is 16.8 Å². The number of thiocarbonyl (C=S) groups is 1. The van der Waals surface area contributed by atoms with E-state index >= 15 is 0 Å². The number of anilines is 1. The van der Waals surface area contributed by atoms with Crippen LogP contribution in [0.1, 0.15) is 6.92 Å². The van der Waals surface area contributed by atoms with Crippen LogP contribution >= 0.6 is 12.2 Å². The monoisotopic (exact) mass is 234 g/mol. The first kappa shape index (κ1) is 12.2. The van der Waals surface area contributed by atoms with E-state index in [0.29, 0.717) is 10.7 Å². The van der Waals surface area contributed by atoms with E-state index in [1.807, 2.05) is 30.3 Å². The number of rotatable bonds is 3. The summed E-state index contributed by atoms with van der Waals surface area (Å²) in [4.78, 5) is 4.43. The van der Waals surface area contributed by atoms with E-state index < -0.39 is 0 Å². The summed E-state index contributed by atoms with van der Waals surface area (Å²) >= 11 is 5.13. The van der Waals surface area contributed by atoms with Crippen LogP contribution in [0.25, 0.3) is 0 Å². The lowest BCUT2D eigenvalue weighted by Gasteiger charge is -2.04. The van der Waals surface area contributed by atoms with Gasteiger partial charge in [-0.15, -0.1) is 0 Å². The average molecular weight is 234 g/mol. The third-order valence-corrected chi connectivity index (χ3v) is 1.91. The molecule has 1 aromatic carbocycles. The molecule has 0 fully saturated rings. The number of benzene rings is 1. The first-order valence-electron chi connectivity index (χ1n) is 4.72. The number of nitrogens with zero attached hydrogens (tertiary/aromatic N) is 1. The van der Waals surface area contributed by atoms with Crippen LogP contribution in [0, 0.1) is 0 Å². The fourth-order valence-electron chi connectivity index (χ4n) is 1.13. The smallest absolute Gasteiger partial charge is 0.190 e. The normalized spacial score (nSPS) is 10.7. The van der Waals surface area contributed by atoms with Crippen molar-refractivity contribution in [1.29, 1.82) is 0 Å². The number of nitrogens with two attached hydrogens (primary N) is 2. The number of guanidine groups is 1. The molecule has 0 saturated heterocycles. The second-order valence-corrected chi connectivity index (χ2v) is 3.62. The lowest BCUT2D eigenvalue weighted by Crippen LogP contribution is -2.22. The van der Waals surface area contributed by atoms with Crippen LogP contribution in [0.4, 0.5) is 5.69 Å². The molecule has 0 bridgehead atoms. The van der Waals surface area contributed by atoms with E-state index in [0.717, 1.165) is 5.69 Å². The van der Waals surface area contributed by atoms with Gasteiger partial charge in [-0.2, -0.15) is 0 Å². The Balaban J connectivity index is 2.64. The molecule has 5 heteroatoms. The summed E-state index contributed by atoms with van der Waals surface area (Å²) in [7, 11) is 0. The SMILES string of the molecule is CC(=CC(=S)Nc1ccccc1)N=C(N)N. The molecule has 0 heterocycles. The van der Waals surface area contributed by atoms with Crippen LogP contribution in [0.15, 0.2) is 47.1 Å². The van der Waals surface area contributed by atoms with Crippen LogP contribution in [0.2, 0.25) is 0 Å². The van der Waals surface area contributed by atoms with Gasteiger partial charge in [-0.05, 0) is 25.1 Å². The predicted octanol–water partition coefficient (Wildman–Crippen LogP) is 1.60. The molecule has 0 radical (unpaired) electrons. The molecule has 5 N–H and O–H groups in total. The summed E-state index contributed by atoms with van der Waals surface area (Å²) in [5.41, 5.74) is 12.1. The van der Waals surface area contributed by atoms with Crippen molar-refractivity contribution in [2.24, 2.45) is 16.5 Å². The van der Waals surface area contributed by atoms with E-state index in [9.17, 15) is 0 Å². The average Bonchev–Trinajstić information content (AvgIpc) is 2.17. The van der Waals surface area contributed by atoms with E-state index in [1.165, 1.54) is 0 Å². The van der Waals surface area contributed by atoms with Crippen LogP contribution in [0.3, 0.4) is 0 Å². The van der Waals surface area contributed by atoms with Crippen molar-refractivity contribution in [3.63, 3.8) is 0 Å². The van der Waals surface area contributed by atoms with Gasteiger partial charge < -0.3 is 16.8 Å². The quantitative estimate of drug-likeness (QED) is 0.321. The Bertz CT molecular complexity index is 419. The van der Waals surface area contributed by atoms with Crippen molar-refractivity contribution in [2.45, 2.75) is 6.92 Å². The highest BCUT2D eigenvalue weighted by molar-refractivity contribution is 7.81. The van der Waals surface area contributed by atoms with Gasteiger partial charge in [0, 0.05) is 11.4 Å². The lowest BCUT2D eigenvalue weighted by atomic mass is 10.3. The maximum atomic E-state index is 5.24. The van der Waals surface area contributed by atoms with Gasteiger partial charge in [0.25, 0.3) is 0 Å². The zero-order valence-corrected chi connectivity index (χ0v) is 9.79. The summed E-state index contributed by atoms with van der Waals surface area (Å²) in [6.45, 7) is 1.78. The molecule has 1 aromatic rings. The van der Waals surface area contributed by atoms with Crippen molar-refractivity contribution in [3.05, 3.63) is 42.1 Å². The molecular formula is C11H14N4S. The molecule has 0 saturated carbocycles. The van der Waals surface area contributed by atoms with Gasteiger partial charge in [-0.25, -0.2) is 4.99 Å². The van der Waals surface area contributed by atoms with Crippen molar-refractivity contribution in [2.75, 3.05) is 5.32 Å². The molecule has 4 nitrogen and oxygen atoms in total. The molecule has 0 aliphatic rings. The minimum atomic E-state index is 0.0243. The fraction of sp³-hybridized carbons (Fsp3) is 0.0909. The highest BCUT2D eigenvalue weighted by atomic mass is 32.1. The highest BCUT2D eigenvalue weighted by Gasteiger charge is 1.94. The summed E-state index contributed by atoms with van der Waals surface area (Å²) in [5, 5.41) is 3.05.